The van der Waals surface area contributed by atoms with Crippen LogP contribution in [0, 0.1) is 11.8 Å². The molecule has 0 aliphatic carbocycles. The first kappa shape index (κ1) is 23.9. The van der Waals surface area contributed by atoms with E-state index in [-0.39, 0.29) is 18.1 Å². The Hall–Kier alpha value is -1.06. The molecule has 0 aliphatic heterocycles. The average Bonchev–Trinajstić information content (AvgIpc) is 2.59. The topological polar surface area (TPSA) is 66.7 Å². The summed E-state index contributed by atoms with van der Waals surface area (Å²) < 4.78 is 0. The molecule has 2 unspecified atom stereocenters. The van der Waals surface area contributed by atoms with Gasteiger partial charge in [0.1, 0.15) is 5.78 Å². The fourth-order valence-corrected chi connectivity index (χ4v) is 3.04. The van der Waals surface area contributed by atoms with Crippen molar-refractivity contribution in [1.82, 2.24) is 0 Å². The monoisotopic (exact) mass is 369 g/mol. The molecule has 0 aromatic rings. The van der Waals surface area contributed by atoms with Crippen LogP contribution >= 0.6 is 12.2 Å². The lowest BCUT2D eigenvalue weighted by atomic mass is 9.89. The zero-order valence-electron chi connectivity index (χ0n) is 16.0. The number of rotatable bonds is 17. The summed E-state index contributed by atoms with van der Waals surface area (Å²) in [4.78, 5) is 27.5. The van der Waals surface area contributed by atoms with Crippen LogP contribution in [0.4, 0.5) is 0 Å². The van der Waals surface area contributed by atoms with Gasteiger partial charge in [-0.05, 0) is 31.5 Å². The predicted molar refractivity (Wildman–Crippen MR) is 106 cm³/mol. The highest BCUT2D eigenvalue weighted by molar-refractivity contribution is 7.78. The van der Waals surface area contributed by atoms with E-state index < -0.39 is 11.9 Å². The Labute approximate surface area is 158 Å². The minimum absolute atomic E-state index is 0.0306. The summed E-state index contributed by atoms with van der Waals surface area (Å²) in [6.07, 6.45) is 11.7. The molecule has 0 spiro atoms. The Kier molecular flexibility index (Phi) is 15.7. The first-order valence-electron chi connectivity index (χ1n) is 9.82. The Morgan fingerprint density at radius 1 is 1.00 bits per heavy atom. The average molecular weight is 370 g/mol. The Balaban J connectivity index is 3.97. The molecule has 5 heteroatoms. The van der Waals surface area contributed by atoms with Crippen LogP contribution < -0.4 is 0 Å². The maximum Gasteiger partial charge on any atom is 0.306 e. The van der Waals surface area contributed by atoms with E-state index in [1.165, 1.54) is 38.5 Å². The summed E-state index contributed by atoms with van der Waals surface area (Å²) in [5.74, 6) is -1.37. The number of isothiocyanates is 1. The number of ketones is 1. The van der Waals surface area contributed by atoms with Gasteiger partial charge in [0.05, 0.1) is 11.1 Å². The lowest BCUT2D eigenvalue weighted by Crippen LogP contribution is -2.21. The molecule has 0 heterocycles. The number of aliphatic imine (C=N–C) groups is 1. The van der Waals surface area contributed by atoms with Crippen molar-refractivity contribution in [2.24, 2.45) is 16.8 Å². The minimum atomic E-state index is -0.866. The third-order valence-corrected chi connectivity index (χ3v) is 4.85. The molecule has 0 aromatic heterocycles. The van der Waals surface area contributed by atoms with E-state index in [1.807, 2.05) is 6.92 Å². The van der Waals surface area contributed by atoms with Crippen molar-refractivity contribution in [3.8, 4) is 0 Å². The quantitative estimate of drug-likeness (QED) is 0.203. The smallest absolute Gasteiger partial charge is 0.306 e. The van der Waals surface area contributed by atoms with Crippen LogP contribution in [0.1, 0.15) is 90.9 Å². The SMILES string of the molecule is CCCCCCCCCC(C)C(=O)CC(CCCCN=C=S)C(=O)O. The Morgan fingerprint density at radius 2 is 1.60 bits per heavy atom. The maximum absolute atomic E-state index is 12.3. The predicted octanol–water partition coefficient (Wildman–Crippen LogP) is 5.70. The van der Waals surface area contributed by atoms with Gasteiger partial charge < -0.3 is 5.11 Å². The number of carboxylic acids is 1. The summed E-state index contributed by atoms with van der Waals surface area (Å²) in [6.45, 7) is 4.73. The zero-order chi connectivity index (χ0) is 18.9. The normalized spacial score (nSPS) is 13.0. The molecule has 1 N–H and O–H groups in total. The fourth-order valence-electron chi connectivity index (χ4n) is 2.95. The van der Waals surface area contributed by atoms with Gasteiger partial charge in [-0.15, -0.1) is 0 Å². The highest BCUT2D eigenvalue weighted by Gasteiger charge is 2.23. The van der Waals surface area contributed by atoms with E-state index in [4.69, 9.17) is 0 Å². The van der Waals surface area contributed by atoms with Crippen LogP contribution in [0.2, 0.25) is 0 Å². The van der Waals surface area contributed by atoms with E-state index in [0.29, 0.717) is 13.0 Å². The van der Waals surface area contributed by atoms with Crippen LogP contribution in [0.25, 0.3) is 0 Å². The lowest BCUT2D eigenvalue weighted by molar-refractivity contribution is -0.144. The van der Waals surface area contributed by atoms with Gasteiger partial charge in [0.25, 0.3) is 0 Å². The Bertz CT molecular complexity index is 419. The second kappa shape index (κ2) is 16.4. The first-order chi connectivity index (χ1) is 12.0. The zero-order valence-corrected chi connectivity index (χ0v) is 16.8. The van der Waals surface area contributed by atoms with Crippen molar-refractivity contribution in [3.05, 3.63) is 0 Å². The van der Waals surface area contributed by atoms with E-state index in [9.17, 15) is 14.7 Å². The van der Waals surface area contributed by atoms with Crippen LogP contribution in [0.3, 0.4) is 0 Å². The summed E-state index contributed by atoms with van der Waals surface area (Å²) in [5, 5.41) is 11.6. The fraction of sp³-hybridized carbons (Fsp3) is 0.850. The number of carbonyl (C=O) groups is 2. The summed E-state index contributed by atoms with van der Waals surface area (Å²) >= 11 is 4.49. The number of hydrogen-bond acceptors (Lipinski definition) is 4. The molecule has 0 saturated heterocycles. The van der Waals surface area contributed by atoms with Gasteiger partial charge in [-0.1, -0.05) is 65.2 Å². The van der Waals surface area contributed by atoms with Crippen LogP contribution in [-0.2, 0) is 9.59 Å². The van der Waals surface area contributed by atoms with Gasteiger partial charge in [-0.2, -0.15) is 0 Å². The van der Waals surface area contributed by atoms with E-state index in [2.05, 4.69) is 29.3 Å². The molecule has 25 heavy (non-hydrogen) atoms. The number of aliphatic carboxylic acids is 1. The molecule has 0 fully saturated rings. The summed E-state index contributed by atoms with van der Waals surface area (Å²) in [7, 11) is 0. The van der Waals surface area contributed by atoms with Gasteiger partial charge in [0.15, 0.2) is 0 Å². The second-order valence-corrected chi connectivity index (χ2v) is 7.17. The van der Waals surface area contributed by atoms with Gasteiger partial charge in [0, 0.05) is 18.9 Å². The molecule has 0 aromatic carbocycles. The standard InChI is InChI=1S/C20H35NO3S/c1-3-4-5-6-7-8-9-12-17(2)19(22)15-18(20(23)24)13-10-11-14-21-16-25/h17-18H,3-15H2,1-2H3,(H,23,24). The van der Waals surface area contributed by atoms with Gasteiger partial charge >= 0.3 is 5.97 Å². The van der Waals surface area contributed by atoms with Crippen LogP contribution in [0.5, 0.6) is 0 Å². The second-order valence-electron chi connectivity index (χ2n) is 6.99. The molecule has 0 radical (unpaired) electrons. The number of unbranched alkanes of at least 4 members (excludes halogenated alkanes) is 7. The first-order valence-corrected chi connectivity index (χ1v) is 10.2. The largest absolute Gasteiger partial charge is 0.481 e. The molecular weight excluding hydrogens is 334 g/mol. The molecule has 0 bridgehead atoms. The number of thiocarbonyl (C=S) groups is 1. The van der Waals surface area contributed by atoms with Crippen molar-refractivity contribution in [2.75, 3.05) is 6.54 Å². The van der Waals surface area contributed by atoms with Gasteiger partial charge in [-0.25, -0.2) is 4.99 Å². The van der Waals surface area contributed by atoms with E-state index in [0.717, 1.165) is 25.7 Å². The molecular formula is C20H35NO3S. The van der Waals surface area contributed by atoms with Crippen molar-refractivity contribution >= 4 is 29.1 Å². The highest BCUT2D eigenvalue weighted by atomic mass is 32.1. The van der Waals surface area contributed by atoms with Gasteiger partial charge in [-0.3, -0.25) is 9.59 Å². The maximum atomic E-state index is 12.3. The van der Waals surface area contributed by atoms with Crippen LogP contribution in [-0.4, -0.2) is 28.6 Å². The van der Waals surface area contributed by atoms with E-state index in [1.54, 1.807) is 0 Å². The third kappa shape index (κ3) is 13.9. The van der Waals surface area contributed by atoms with Crippen molar-refractivity contribution in [1.29, 1.82) is 0 Å². The molecule has 0 rings (SSSR count). The molecule has 4 nitrogen and oxygen atoms in total. The van der Waals surface area contributed by atoms with Gasteiger partial charge in [0.2, 0.25) is 0 Å². The molecule has 144 valence electrons. The number of hydrogen-bond donors (Lipinski definition) is 1. The molecule has 2 atom stereocenters. The van der Waals surface area contributed by atoms with Crippen molar-refractivity contribution in [2.45, 2.75) is 90.9 Å². The highest BCUT2D eigenvalue weighted by Crippen LogP contribution is 2.20. The van der Waals surface area contributed by atoms with Crippen molar-refractivity contribution < 1.29 is 14.7 Å². The number of Topliss-reactive ketones (excluding diaryl/α,β-unsaturated/α-hetero) is 1. The third-order valence-electron chi connectivity index (χ3n) is 4.72. The minimum Gasteiger partial charge on any atom is -0.481 e. The van der Waals surface area contributed by atoms with E-state index >= 15 is 0 Å². The molecule has 0 aliphatic rings. The van der Waals surface area contributed by atoms with Crippen molar-refractivity contribution in [3.63, 3.8) is 0 Å². The summed E-state index contributed by atoms with van der Waals surface area (Å²) in [6, 6.07) is 0. The van der Waals surface area contributed by atoms with Crippen LogP contribution in [0.15, 0.2) is 4.99 Å². The number of nitrogens with zero attached hydrogens (tertiary/aromatic N) is 1. The number of carbonyl (C=O) groups excluding carboxylic acids is 1. The lowest BCUT2D eigenvalue weighted by Gasteiger charge is -2.15. The Morgan fingerprint density at radius 3 is 2.20 bits per heavy atom. The molecule has 0 saturated carbocycles. The summed E-state index contributed by atoms with van der Waals surface area (Å²) in [5.41, 5.74) is 0. The molecule has 0 amide bonds. The number of carboxylic acid groups (broad SMARTS) is 1.